The molecule has 0 atom stereocenters. The van der Waals surface area contributed by atoms with E-state index in [1.54, 1.807) is 24.4 Å². The molecule has 4 nitrogen and oxygen atoms in total. The maximum absolute atomic E-state index is 12.1. The summed E-state index contributed by atoms with van der Waals surface area (Å²) in [7, 11) is 0. The first-order chi connectivity index (χ1) is 12.2. The van der Waals surface area contributed by atoms with E-state index in [2.05, 4.69) is 17.2 Å². The van der Waals surface area contributed by atoms with Gasteiger partial charge in [0.05, 0.1) is 0 Å². The van der Waals surface area contributed by atoms with Crippen molar-refractivity contribution in [3.63, 3.8) is 0 Å². The summed E-state index contributed by atoms with van der Waals surface area (Å²) in [6.45, 7) is -0.0282. The van der Waals surface area contributed by atoms with Crippen molar-refractivity contribution in [2.45, 2.75) is 6.54 Å². The van der Waals surface area contributed by atoms with Crippen molar-refractivity contribution in [2.75, 3.05) is 5.32 Å². The van der Waals surface area contributed by atoms with Crippen LogP contribution in [0.25, 0.3) is 0 Å². The molecular formula is C21H16N2O2. The van der Waals surface area contributed by atoms with Crippen LogP contribution in [0.5, 0.6) is 0 Å². The Bertz CT molecular complexity index is 995. The van der Waals surface area contributed by atoms with Crippen LogP contribution in [-0.2, 0) is 11.3 Å². The zero-order valence-corrected chi connectivity index (χ0v) is 13.5. The third-order valence-corrected chi connectivity index (χ3v) is 3.48. The number of rotatable bonds is 3. The van der Waals surface area contributed by atoms with Crippen molar-refractivity contribution in [1.82, 2.24) is 4.57 Å². The quantitative estimate of drug-likeness (QED) is 0.752. The third-order valence-electron chi connectivity index (χ3n) is 3.48. The monoisotopic (exact) mass is 328 g/mol. The normalized spacial score (nSPS) is 9.76. The van der Waals surface area contributed by atoms with E-state index in [1.165, 1.54) is 10.6 Å². The van der Waals surface area contributed by atoms with E-state index in [0.29, 0.717) is 5.69 Å². The molecule has 0 aliphatic rings. The number of hydrogen-bond acceptors (Lipinski definition) is 2. The molecule has 1 aromatic heterocycles. The number of benzene rings is 2. The predicted molar refractivity (Wildman–Crippen MR) is 98.2 cm³/mol. The summed E-state index contributed by atoms with van der Waals surface area (Å²) in [5.41, 5.74) is 2.17. The number of nitrogens with one attached hydrogen (secondary N) is 1. The van der Waals surface area contributed by atoms with Crippen molar-refractivity contribution >= 4 is 11.6 Å². The van der Waals surface area contributed by atoms with Crippen LogP contribution in [0.1, 0.15) is 11.1 Å². The maximum atomic E-state index is 12.1. The molecule has 3 rings (SSSR count). The molecule has 0 radical (unpaired) electrons. The smallest absolute Gasteiger partial charge is 0.250 e. The zero-order chi connectivity index (χ0) is 17.5. The fourth-order valence-corrected chi connectivity index (χ4v) is 2.29. The predicted octanol–water partition coefficient (Wildman–Crippen LogP) is 2.89. The lowest BCUT2D eigenvalue weighted by molar-refractivity contribution is -0.116. The number of hydrogen-bond donors (Lipinski definition) is 1. The molecule has 0 bridgehead atoms. The number of aromatic nitrogens is 1. The van der Waals surface area contributed by atoms with Gasteiger partial charge in [0, 0.05) is 29.1 Å². The number of anilines is 1. The van der Waals surface area contributed by atoms with Crippen molar-refractivity contribution in [1.29, 1.82) is 0 Å². The van der Waals surface area contributed by atoms with E-state index < -0.39 is 0 Å². The van der Waals surface area contributed by atoms with Gasteiger partial charge in [-0.15, -0.1) is 0 Å². The molecule has 2 aromatic carbocycles. The first-order valence-corrected chi connectivity index (χ1v) is 7.83. The van der Waals surface area contributed by atoms with Gasteiger partial charge in [0.2, 0.25) is 5.91 Å². The number of carbonyl (C=O) groups is 1. The van der Waals surface area contributed by atoms with E-state index in [0.717, 1.165) is 11.1 Å². The molecule has 3 aromatic rings. The molecule has 0 spiro atoms. The summed E-state index contributed by atoms with van der Waals surface area (Å²) in [6, 6.07) is 21.8. The van der Waals surface area contributed by atoms with Gasteiger partial charge in [-0.2, -0.15) is 0 Å². The maximum Gasteiger partial charge on any atom is 0.250 e. The average Bonchev–Trinajstić information content (AvgIpc) is 2.63. The van der Waals surface area contributed by atoms with Crippen LogP contribution in [0.2, 0.25) is 0 Å². The highest BCUT2D eigenvalue weighted by Crippen LogP contribution is 2.10. The first-order valence-electron chi connectivity index (χ1n) is 7.83. The molecule has 1 heterocycles. The van der Waals surface area contributed by atoms with Gasteiger partial charge in [0.1, 0.15) is 6.54 Å². The lowest BCUT2D eigenvalue weighted by atomic mass is 10.1. The van der Waals surface area contributed by atoms with Crippen LogP contribution >= 0.6 is 0 Å². The van der Waals surface area contributed by atoms with Gasteiger partial charge >= 0.3 is 0 Å². The Morgan fingerprint density at radius 3 is 2.40 bits per heavy atom. The van der Waals surface area contributed by atoms with Gasteiger partial charge in [-0.05, 0) is 36.4 Å². The largest absolute Gasteiger partial charge is 0.324 e. The second-order valence-electron chi connectivity index (χ2n) is 5.41. The Kier molecular flexibility index (Phi) is 5.08. The minimum Gasteiger partial charge on any atom is -0.324 e. The summed E-state index contributed by atoms with van der Waals surface area (Å²) in [5.74, 6) is 5.89. The lowest BCUT2D eigenvalue weighted by Gasteiger charge is -2.07. The van der Waals surface area contributed by atoms with Crippen LogP contribution in [-0.4, -0.2) is 10.5 Å². The molecule has 0 aliphatic carbocycles. The molecule has 0 saturated carbocycles. The standard InChI is InChI=1S/C21H16N2O2/c24-20(16-23-14-5-4-11-21(23)25)22-19-10-6-9-18(15-19)13-12-17-7-2-1-3-8-17/h1-11,14-15H,16H2,(H,22,24). The minimum atomic E-state index is -0.263. The van der Waals surface area contributed by atoms with Crippen molar-refractivity contribution < 1.29 is 4.79 Å². The zero-order valence-electron chi connectivity index (χ0n) is 13.5. The number of carbonyl (C=O) groups excluding carboxylic acids is 1. The topological polar surface area (TPSA) is 51.1 Å². The molecule has 1 N–H and O–H groups in total. The Hall–Kier alpha value is -3.58. The van der Waals surface area contributed by atoms with Gasteiger partial charge < -0.3 is 9.88 Å². The lowest BCUT2D eigenvalue weighted by Crippen LogP contribution is -2.26. The average molecular weight is 328 g/mol. The third kappa shape index (κ3) is 4.69. The van der Waals surface area contributed by atoms with E-state index in [-0.39, 0.29) is 18.0 Å². The van der Waals surface area contributed by atoms with Gasteiger partial charge in [0.15, 0.2) is 0 Å². The summed E-state index contributed by atoms with van der Waals surface area (Å²) >= 11 is 0. The molecule has 4 heteroatoms. The van der Waals surface area contributed by atoms with E-state index in [9.17, 15) is 9.59 Å². The fourth-order valence-electron chi connectivity index (χ4n) is 2.29. The fraction of sp³-hybridized carbons (Fsp3) is 0.0476. The number of nitrogens with zero attached hydrogens (tertiary/aromatic N) is 1. The highest BCUT2D eigenvalue weighted by molar-refractivity contribution is 5.90. The molecule has 0 aliphatic heterocycles. The Morgan fingerprint density at radius 2 is 1.60 bits per heavy atom. The molecule has 25 heavy (non-hydrogen) atoms. The highest BCUT2D eigenvalue weighted by atomic mass is 16.2. The van der Waals surface area contributed by atoms with Crippen molar-refractivity contribution in [3.8, 4) is 11.8 Å². The van der Waals surface area contributed by atoms with Gasteiger partial charge in [-0.3, -0.25) is 9.59 Å². The van der Waals surface area contributed by atoms with Crippen LogP contribution in [0, 0.1) is 11.8 Å². The molecule has 0 fully saturated rings. The van der Waals surface area contributed by atoms with Gasteiger partial charge in [-0.25, -0.2) is 0 Å². The second-order valence-corrected chi connectivity index (χ2v) is 5.41. The summed E-state index contributed by atoms with van der Waals surface area (Å²) in [4.78, 5) is 23.8. The SMILES string of the molecule is O=C(Cn1ccccc1=O)Nc1cccc(C#Cc2ccccc2)c1. The molecular weight excluding hydrogens is 312 g/mol. The molecule has 122 valence electrons. The Labute approximate surface area is 145 Å². The van der Waals surface area contributed by atoms with Crippen LogP contribution in [0.4, 0.5) is 5.69 Å². The van der Waals surface area contributed by atoms with E-state index in [1.807, 2.05) is 48.5 Å². The summed E-state index contributed by atoms with van der Waals surface area (Å²) in [6.07, 6.45) is 1.59. The number of amides is 1. The second kappa shape index (κ2) is 7.80. The van der Waals surface area contributed by atoms with Gasteiger partial charge in [0.25, 0.3) is 5.56 Å². The first kappa shape index (κ1) is 16.3. The van der Waals surface area contributed by atoms with Gasteiger partial charge in [-0.1, -0.05) is 42.2 Å². The van der Waals surface area contributed by atoms with Crippen LogP contribution in [0.15, 0.2) is 83.8 Å². The van der Waals surface area contributed by atoms with E-state index >= 15 is 0 Å². The Balaban J connectivity index is 1.70. The highest BCUT2D eigenvalue weighted by Gasteiger charge is 2.04. The van der Waals surface area contributed by atoms with E-state index in [4.69, 9.17) is 0 Å². The summed E-state index contributed by atoms with van der Waals surface area (Å²) < 4.78 is 1.36. The molecule has 0 unspecified atom stereocenters. The Morgan fingerprint density at radius 1 is 0.880 bits per heavy atom. The molecule has 0 saturated heterocycles. The minimum absolute atomic E-state index is 0.0282. The molecule has 1 amide bonds. The summed E-state index contributed by atoms with van der Waals surface area (Å²) in [5, 5.41) is 2.79. The van der Waals surface area contributed by atoms with Crippen LogP contribution in [0.3, 0.4) is 0 Å². The van der Waals surface area contributed by atoms with Crippen molar-refractivity contribution in [3.05, 3.63) is 100 Å². The van der Waals surface area contributed by atoms with Crippen LogP contribution < -0.4 is 10.9 Å². The van der Waals surface area contributed by atoms with Crippen molar-refractivity contribution in [2.24, 2.45) is 0 Å². The number of pyridine rings is 1.